The summed E-state index contributed by atoms with van der Waals surface area (Å²) >= 11 is 7.65. The molecule has 0 unspecified atom stereocenters. The van der Waals surface area contributed by atoms with E-state index in [-0.39, 0.29) is 51.9 Å². The number of carbonyl (C=O) groups excluding carboxylic acids is 4. The molecule has 1 aliphatic heterocycles. The molecule has 1 atom stereocenters. The fraction of sp³-hybridized carbons (Fsp3) is 0.333. The van der Waals surface area contributed by atoms with Crippen LogP contribution in [0.25, 0.3) is 11.3 Å². The number of amides is 3. The highest BCUT2D eigenvalue weighted by atomic mass is 35.5. The van der Waals surface area contributed by atoms with E-state index in [1.807, 2.05) is 20.9 Å². The van der Waals surface area contributed by atoms with Crippen molar-refractivity contribution in [2.75, 3.05) is 52.6 Å². The number of hydrogen-bond donors (Lipinski definition) is 3. The van der Waals surface area contributed by atoms with Crippen LogP contribution in [0.15, 0.2) is 42.7 Å². The third-order valence-corrected chi connectivity index (χ3v) is 9.00. The zero-order valence-corrected chi connectivity index (χ0v) is 30.0. The number of likely N-dealkylation sites (N-methyl/N-ethyl adjacent to an activating group) is 1. The number of thiazole rings is 1. The highest BCUT2D eigenvalue weighted by Gasteiger charge is 2.39. The second kappa shape index (κ2) is 17.8. The smallest absolute Gasteiger partial charge is 0.291 e. The molecule has 2 aromatic heterocycles. The maximum atomic E-state index is 14.6. The lowest BCUT2D eigenvalue weighted by molar-refractivity contribution is -0.892. The third kappa shape index (κ3) is 9.26. The summed E-state index contributed by atoms with van der Waals surface area (Å²) in [6, 6.07) is 6.88. The van der Waals surface area contributed by atoms with Crippen molar-refractivity contribution >= 4 is 58.3 Å². The van der Waals surface area contributed by atoms with Gasteiger partial charge < -0.3 is 34.0 Å². The fourth-order valence-corrected chi connectivity index (χ4v) is 6.29. The number of ether oxygens (including phenoxy) is 2. The van der Waals surface area contributed by atoms with Crippen LogP contribution in [0.5, 0.6) is 5.75 Å². The molecule has 0 saturated carbocycles. The van der Waals surface area contributed by atoms with E-state index in [1.165, 1.54) is 66.6 Å². The summed E-state index contributed by atoms with van der Waals surface area (Å²) in [5.41, 5.74) is 0.564. The van der Waals surface area contributed by atoms with E-state index in [0.717, 1.165) is 24.3 Å². The lowest BCUT2D eigenvalue weighted by Gasteiger charge is -2.30. The van der Waals surface area contributed by atoms with Crippen LogP contribution in [0.3, 0.4) is 0 Å². The first-order valence-electron chi connectivity index (χ1n) is 15.0. The van der Waals surface area contributed by atoms with Gasteiger partial charge in [0.15, 0.2) is 28.6 Å². The van der Waals surface area contributed by atoms with Crippen molar-refractivity contribution in [3.05, 3.63) is 75.6 Å². The Hall–Kier alpha value is -4.77. The van der Waals surface area contributed by atoms with Crippen molar-refractivity contribution in [1.82, 2.24) is 19.9 Å². The third-order valence-electron chi connectivity index (χ3n) is 7.77. The number of imidazole rings is 1. The Morgan fingerprint density at radius 1 is 1.04 bits per heavy atom. The van der Waals surface area contributed by atoms with E-state index in [4.69, 9.17) is 21.1 Å². The van der Waals surface area contributed by atoms with Crippen LogP contribution in [0.1, 0.15) is 38.7 Å². The molecule has 1 aliphatic rings. The summed E-state index contributed by atoms with van der Waals surface area (Å²) in [5.74, 6) is -3.72. The van der Waals surface area contributed by atoms with Gasteiger partial charge in [-0.05, 0) is 30.3 Å². The van der Waals surface area contributed by atoms with Crippen LogP contribution in [-0.4, -0.2) is 91.5 Å². The SMILES string of the molecule is C=O.COC.COc1ccc(-c2cnc(C(=O)Nc3ccc(C(=O)NCc4cnc(NC(=O)[C@@H]5CCC[N+]5(C)C)s4)c(Cl)c3)n2C)c(F)c1F. The molecule has 1 fully saturated rings. The number of halogens is 3. The van der Waals surface area contributed by atoms with Gasteiger partial charge >= 0.3 is 0 Å². The molecule has 3 N–H and O–H groups in total. The number of rotatable bonds is 9. The number of nitrogens with zero attached hydrogens (tertiary/aromatic N) is 4. The van der Waals surface area contributed by atoms with E-state index >= 15 is 0 Å². The van der Waals surface area contributed by atoms with Gasteiger partial charge in [-0.2, -0.15) is 4.39 Å². The number of carbonyl (C=O) groups is 4. The Labute approximate surface area is 297 Å². The normalized spacial score (nSPS) is 14.4. The molecule has 0 aliphatic carbocycles. The number of methoxy groups -OCH3 is 2. The molecule has 2 aromatic carbocycles. The summed E-state index contributed by atoms with van der Waals surface area (Å²) < 4.78 is 39.9. The summed E-state index contributed by atoms with van der Waals surface area (Å²) in [5, 5.41) is 8.88. The van der Waals surface area contributed by atoms with Gasteiger partial charge in [0.1, 0.15) is 6.79 Å². The van der Waals surface area contributed by atoms with Crippen LogP contribution < -0.4 is 20.7 Å². The van der Waals surface area contributed by atoms with Gasteiger partial charge in [0.2, 0.25) is 5.82 Å². The maximum Gasteiger partial charge on any atom is 0.291 e. The van der Waals surface area contributed by atoms with Gasteiger partial charge in [-0.3, -0.25) is 19.7 Å². The molecule has 5 rings (SSSR count). The molecule has 4 aromatic rings. The Bertz CT molecular complexity index is 1830. The second-order valence-corrected chi connectivity index (χ2v) is 13.0. The minimum absolute atomic E-state index is 0.0636. The first-order valence-corrected chi connectivity index (χ1v) is 16.2. The monoisotopic (exact) mass is 734 g/mol. The topological polar surface area (TPSA) is 154 Å². The number of hydrogen-bond acceptors (Lipinski definition) is 9. The fourth-order valence-electron chi connectivity index (χ4n) is 5.27. The molecule has 0 bridgehead atoms. The number of benzene rings is 2. The van der Waals surface area contributed by atoms with E-state index < -0.39 is 23.4 Å². The molecule has 3 amide bonds. The van der Waals surface area contributed by atoms with Gasteiger partial charge in [-0.15, -0.1) is 0 Å². The minimum atomic E-state index is -1.15. The van der Waals surface area contributed by atoms with E-state index in [0.29, 0.717) is 15.3 Å². The Kier molecular flexibility index (Phi) is 14.1. The number of quaternary nitrogens is 1. The van der Waals surface area contributed by atoms with E-state index in [9.17, 15) is 23.2 Å². The number of nitrogens with one attached hydrogen (secondary N) is 3. The van der Waals surface area contributed by atoms with E-state index in [2.05, 4.69) is 30.7 Å². The lowest BCUT2D eigenvalue weighted by atomic mass is 10.1. The van der Waals surface area contributed by atoms with Crippen molar-refractivity contribution in [2.24, 2.45) is 7.05 Å². The van der Waals surface area contributed by atoms with Gasteiger partial charge in [-0.25, -0.2) is 14.4 Å². The van der Waals surface area contributed by atoms with Crippen LogP contribution in [-0.2, 0) is 27.9 Å². The van der Waals surface area contributed by atoms with Crippen molar-refractivity contribution < 1.29 is 41.9 Å². The first kappa shape index (κ1) is 39.7. The first-order chi connectivity index (χ1) is 23.8. The van der Waals surface area contributed by atoms with Crippen molar-refractivity contribution in [3.63, 3.8) is 0 Å². The summed E-state index contributed by atoms with van der Waals surface area (Å²) in [7, 11) is 10.1. The van der Waals surface area contributed by atoms with Crippen LogP contribution in [0.4, 0.5) is 19.6 Å². The molecule has 0 radical (unpaired) electrons. The predicted molar refractivity (Wildman–Crippen MR) is 186 cm³/mol. The zero-order chi connectivity index (χ0) is 37.2. The molecule has 3 heterocycles. The molecule has 17 heteroatoms. The number of aromatic nitrogens is 3. The summed E-state index contributed by atoms with van der Waals surface area (Å²) in [4.78, 5) is 55.6. The van der Waals surface area contributed by atoms with Crippen LogP contribution >= 0.6 is 22.9 Å². The summed E-state index contributed by atoms with van der Waals surface area (Å²) in [6.45, 7) is 3.12. The standard InChI is InChI=1S/C30H30ClF2N7O4S.C2H6O.CH2O/c1-39-21(19-9-10-23(44-4)25(33)24(19)32)15-34-26(39)29(43)37-16-7-8-18(20(31)12-16)27(41)35-13-17-14-36-30(45-17)38-28(42)22-6-5-11-40(22,2)3;1-3-2;1-2/h7-10,12,14-15,22H,5-6,11,13H2,1-4H3,(H2-,35,36,37,38,41,42,43);1-2H3;1H2/p+1/t22-;;/m0../s1. The number of anilines is 2. The molecule has 1 saturated heterocycles. The van der Waals surface area contributed by atoms with Crippen molar-refractivity contribution in [1.29, 1.82) is 0 Å². The zero-order valence-electron chi connectivity index (χ0n) is 28.4. The van der Waals surface area contributed by atoms with Gasteiger partial charge in [0, 0.05) is 56.4 Å². The molecular formula is C33H39ClF2N7O6S+. The highest BCUT2D eigenvalue weighted by molar-refractivity contribution is 7.15. The quantitative estimate of drug-likeness (QED) is 0.205. The minimum Gasteiger partial charge on any atom is -0.494 e. The van der Waals surface area contributed by atoms with Crippen LogP contribution in [0.2, 0.25) is 5.02 Å². The average molecular weight is 735 g/mol. The van der Waals surface area contributed by atoms with Gasteiger partial charge in [-0.1, -0.05) is 22.9 Å². The highest BCUT2D eigenvalue weighted by Crippen LogP contribution is 2.30. The molecule has 50 heavy (non-hydrogen) atoms. The average Bonchev–Trinajstić information content (AvgIpc) is 3.80. The largest absolute Gasteiger partial charge is 0.494 e. The number of likely N-dealkylation sites (tertiary alicyclic amines) is 1. The van der Waals surface area contributed by atoms with Gasteiger partial charge in [0.25, 0.3) is 17.7 Å². The Balaban J connectivity index is 0.00000128. The van der Waals surface area contributed by atoms with Crippen molar-refractivity contribution in [2.45, 2.75) is 25.4 Å². The second-order valence-electron chi connectivity index (χ2n) is 11.5. The molecule has 0 spiro atoms. The Morgan fingerprint density at radius 3 is 2.36 bits per heavy atom. The van der Waals surface area contributed by atoms with Crippen LogP contribution in [0, 0.1) is 11.6 Å². The van der Waals surface area contributed by atoms with Gasteiger partial charge in [0.05, 0.1) is 56.8 Å². The molecule has 13 nitrogen and oxygen atoms in total. The predicted octanol–water partition coefficient (Wildman–Crippen LogP) is 4.92. The Morgan fingerprint density at radius 2 is 1.74 bits per heavy atom. The van der Waals surface area contributed by atoms with E-state index in [1.54, 1.807) is 20.4 Å². The lowest BCUT2D eigenvalue weighted by Crippen LogP contribution is -2.50. The molecule has 268 valence electrons. The maximum absolute atomic E-state index is 14.6. The summed E-state index contributed by atoms with van der Waals surface area (Å²) in [6.07, 6.45) is 4.68. The molecular weight excluding hydrogens is 696 g/mol. The van der Waals surface area contributed by atoms with Crippen molar-refractivity contribution in [3.8, 4) is 17.0 Å².